The molecule has 1 atom stereocenters. The van der Waals surface area contributed by atoms with E-state index in [1.54, 1.807) is 0 Å². The van der Waals surface area contributed by atoms with Gasteiger partial charge in [0.1, 0.15) is 0 Å². The summed E-state index contributed by atoms with van der Waals surface area (Å²) in [6.45, 7) is 9.26. The fourth-order valence-electron chi connectivity index (χ4n) is 3.19. The van der Waals surface area contributed by atoms with Crippen molar-refractivity contribution in [3.8, 4) is 0 Å². The molecule has 1 N–H and O–H groups in total. The topological polar surface area (TPSA) is 18.5 Å². The number of hydrogen-bond acceptors (Lipinski definition) is 3. The molecule has 3 rings (SSSR count). The second-order valence-corrected chi connectivity index (χ2v) is 6.19. The van der Waals surface area contributed by atoms with Crippen molar-refractivity contribution in [1.29, 1.82) is 0 Å². The summed E-state index contributed by atoms with van der Waals surface area (Å²) >= 11 is 0. The Bertz CT molecular complexity index is 234. The zero-order valence-corrected chi connectivity index (χ0v) is 11.0. The van der Waals surface area contributed by atoms with Crippen LogP contribution in [0.25, 0.3) is 0 Å². The third-order valence-electron chi connectivity index (χ3n) is 4.57. The van der Waals surface area contributed by atoms with Gasteiger partial charge in [0.05, 0.1) is 0 Å². The zero-order valence-electron chi connectivity index (χ0n) is 11.0. The number of likely N-dealkylation sites (tertiary alicyclic amines) is 2. The monoisotopic (exact) mass is 237 g/mol. The van der Waals surface area contributed by atoms with Gasteiger partial charge in [0.25, 0.3) is 0 Å². The maximum absolute atomic E-state index is 3.68. The lowest BCUT2D eigenvalue weighted by Crippen LogP contribution is -2.33. The van der Waals surface area contributed by atoms with E-state index in [1.165, 1.54) is 77.9 Å². The molecule has 0 radical (unpaired) electrons. The van der Waals surface area contributed by atoms with E-state index in [2.05, 4.69) is 15.1 Å². The van der Waals surface area contributed by atoms with E-state index >= 15 is 0 Å². The predicted octanol–water partition coefficient (Wildman–Crippen LogP) is 1.16. The van der Waals surface area contributed by atoms with Crippen LogP contribution in [0.1, 0.15) is 32.1 Å². The average molecular weight is 237 g/mol. The second-order valence-electron chi connectivity index (χ2n) is 6.19. The molecule has 0 spiro atoms. The van der Waals surface area contributed by atoms with E-state index in [-0.39, 0.29) is 0 Å². The van der Waals surface area contributed by atoms with Crippen molar-refractivity contribution in [2.45, 2.75) is 38.1 Å². The molecule has 2 heterocycles. The summed E-state index contributed by atoms with van der Waals surface area (Å²) < 4.78 is 0. The van der Waals surface area contributed by atoms with Crippen LogP contribution in [0.2, 0.25) is 0 Å². The van der Waals surface area contributed by atoms with Crippen molar-refractivity contribution in [2.24, 2.45) is 5.92 Å². The summed E-state index contributed by atoms with van der Waals surface area (Å²) in [6, 6.07) is 0.883. The molecule has 0 aromatic carbocycles. The van der Waals surface area contributed by atoms with Crippen LogP contribution in [-0.2, 0) is 0 Å². The Morgan fingerprint density at radius 3 is 2.41 bits per heavy atom. The minimum atomic E-state index is 0.883. The maximum Gasteiger partial charge on any atom is 0.0109 e. The molecule has 1 saturated carbocycles. The van der Waals surface area contributed by atoms with E-state index in [0.717, 1.165) is 12.0 Å². The highest BCUT2D eigenvalue weighted by Gasteiger charge is 2.26. The quantitative estimate of drug-likeness (QED) is 0.748. The summed E-state index contributed by atoms with van der Waals surface area (Å²) in [5, 5.41) is 3.68. The van der Waals surface area contributed by atoms with Crippen LogP contribution in [0.3, 0.4) is 0 Å². The van der Waals surface area contributed by atoms with E-state index in [1.807, 2.05) is 0 Å². The van der Waals surface area contributed by atoms with Crippen molar-refractivity contribution in [2.75, 3.05) is 45.8 Å². The van der Waals surface area contributed by atoms with Crippen molar-refractivity contribution in [1.82, 2.24) is 15.1 Å². The van der Waals surface area contributed by atoms with Gasteiger partial charge in [-0.05, 0) is 64.2 Å². The molecule has 1 aliphatic carbocycles. The van der Waals surface area contributed by atoms with Gasteiger partial charge in [-0.25, -0.2) is 0 Å². The van der Waals surface area contributed by atoms with Gasteiger partial charge in [-0.1, -0.05) is 0 Å². The summed E-state index contributed by atoms with van der Waals surface area (Å²) in [7, 11) is 0. The number of hydrogen-bond donors (Lipinski definition) is 1. The summed E-state index contributed by atoms with van der Waals surface area (Å²) in [6.07, 6.45) is 7.11. The second kappa shape index (κ2) is 5.68. The zero-order chi connectivity index (χ0) is 11.5. The number of nitrogens with zero attached hydrogens (tertiary/aromatic N) is 2. The van der Waals surface area contributed by atoms with Gasteiger partial charge in [-0.15, -0.1) is 0 Å². The average Bonchev–Trinajstić information content (AvgIpc) is 2.86. The van der Waals surface area contributed by atoms with Crippen molar-refractivity contribution in [3.63, 3.8) is 0 Å². The van der Waals surface area contributed by atoms with E-state index < -0.39 is 0 Å². The first-order valence-electron chi connectivity index (χ1n) is 7.58. The Morgan fingerprint density at radius 2 is 1.65 bits per heavy atom. The van der Waals surface area contributed by atoms with Crippen molar-refractivity contribution >= 4 is 0 Å². The molecule has 3 nitrogen and oxygen atoms in total. The molecule has 17 heavy (non-hydrogen) atoms. The molecular formula is C14H27N3. The smallest absolute Gasteiger partial charge is 0.0109 e. The fraction of sp³-hybridized carbons (Fsp3) is 1.00. The molecule has 0 bridgehead atoms. The molecule has 3 fully saturated rings. The standard InChI is InChI=1S/C14H27N3/c1-2-7-16(6-1)9-10-17-8-5-13(12-17)11-15-14-3-4-14/h13-15H,1-12H2. The van der Waals surface area contributed by atoms with E-state index in [9.17, 15) is 0 Å². The van der Waals surface area contributed by atoms with Gasteiger partial charge < -0.3 is 15.1 Å². The molecule has 98 valence electrons. The normalized spacial score (nSPS) is 31.4. The van der Waals surface area contributed by atoms with Gasteiger partial charge in [0.15, 0.2) is 0 Å². The minimum Gasteiger partial charge on any atom is -0.314 e. The molecular weight excluding hydrogens is 210 g/mol. The summed E-state index contributed by atoms with van der Waals surface area (Å²) in [5.74, 6) is 0.925. The predicted molar refractivity (Wildman–Crippen MR) is 71.2 cm³/mol. The largest absolute Gasteiger partial charge is 0.314 e. The van der Waals surface area contributed by atoms with E-state index in [0.29, 0.717) is 0 Å². The van der Waals surface area contributed by atoms with Crippen LogP contribution in [0, 0.1) is 5.92 Å². The number of rotatable bonds is 6. The first kappa shape index (κ1) is 11.9. The Morgan fingerprint density at radius 1 is 0.882 bits per heavy atom. The molecule has 0 amide bonds. The van der Waals surface area contributed by atoms with Gasteiger partial charge in [0, 0.05) is 25.7 Å². The molecule has 0 aromatic rings. The highest BCUT2D eigenvalue weighted by atomic mass is 15.2. The first-order chi connectivity index (χ1) is 8.40. The SMILES string of the molecule is C1CCN(CCN2CCC(CNC3CC3)C2)C1. The Hall–Kier alpha value is -0.120. The van der Waals surface area contributed by atoms with Crippen LogP contribution in [0.15, 0.2) is 0 Å². The van der Waals surface area contributed by atoms with Crippen LogP contribution < -0.4 is 5.32 Å². The Balaban J connectivity index is 1.29. The molecule has 3 aliphatic rings. The summed E-state index contributed by atoms with van der Waals surface area (Å²) in [5.41, 5.74) is 0. The molecule has 1 unspecified atom stereocenters. The molecule has 3 heteroatoms. The molecule has 2 aliphatic heterocycles. The fourth-order valence-corrected chi connectivity index (χ4v) is 3.19. The van der Waals surface area contributed by atoms with Crippen LogP contribution in [0.5, 0.6) is 0 Å². The van der Waals surface area contributed by atoms with Gasteiger partial charge in [0.2, 0.25) is 0 Å². The van der Waals surface area contributed by atoms with Crippen LogP contribution in [-0.4, -0.2) is 61.7 Å². The third-order valence-corrected chi connectivity index (χ3v) is 4.57. The third kappa shape index (κ3) is 3.67. The van der Waals surface area contributed by atoms with Crippen LogP contribution in [0.4, 0.5) is 0 Å². The Kier molecular flexibility index (Phi) is 3.99. The first-order valence-corrected chi connectivity index (χ1v) is 7.58. The Labute approximate surface area is 106 Å². The highest BCUT2D eigenvalue weighted by molar-refractivity contribution is 4.84. The minimum absolute atomic E-state index is 0.883. The van der Waals surface area contributed by atoms with E-state index in [4.69, 9.17) is 0 Å². The number of nitrogens with one attached hydrogen (secondary N) is 1. The van der Waals surface area contributed by atoms with Crippen molar-refractivity contribution in [3.05, 3.63) is 0 Å². The van der Waals surface area contributed by atoms with Gasteiger partial charge >= 0.3 is 0 Å². The molecule has 2 saturated heterocycles. The lowest BCUT2D eigenvalue weighted by molar-refractivity contribution is 0.251. The highest BCUT2D eigenvalue weighted by Crippen LogP contribution is 2.21. The summed E-state index contributed by atoms with van der Waals surface area (Å²) in [4.78, 5) is 5.31. The van der Waals surface area contributed by atoms with Gasteiger partial charge in [-0.3, -0.25) is 0 Å². The van der Waals surface area contributed by atoms with Crippen LogP contribution >= 0.6 is 0 Å². The maximum atomic E-state index is 3.68. The van der Waals surface area contributed by atoms with Gasteiger partial charge in [-0.2, -0.15) is 0 Å². The lowest BCUT2D eigenvalue weighted by atomic mass is 10.1. The molecule has 0 aromatic heterocycles. The van der Waals surface area contributed by atoms with Crippen molar-refractivity contribution < 1.29 is 0 Å². The lowest BCUT2D eigenvalue weighted by Gasteiger charge is -2.21.